The van der Waals surface area contributed by atoms with Crippen LogP contribution in [0.2, 0.25) is 5.02 Å². The first-order valence-corrected chi connectivity index (χ1v) is 12.0. The van der Waals surface area contributed by atoms with Crippen molar-refractivity contribution in [1.82, 2.24) is 0 Å². The Bertz CT molecular complexity index is 1340. The number of non-ortho nitro benzene ring substituents is 1. The van der Waals surface area contributed by atoms with Crippen LogP contribution in [0.5, 0.6) is 11.5 Å². The van der Waals surface area contributed by atoms with E-state index in [9.17, 15) is 20.2 Å². The van der Waals surface area contributed by atoms with Crippen molar-refractivity contribution in [2.24, 2.45) is 5.73 Å². The average Bonchev–Trinajstić information content (AvgIpc) is 2.85. The van der Waals surface area contributed by atoms with E-state index in [1.165, 1.54) is 18.2 Å². The molecular weight excluding hydrogens is 484 g/mol. The van der Waals surface area contributed by atoms with Gasteiger partial charge < -0.3 is 15.2 Å². The average molecular weight is 509 g/mol. The standard InChI is InChI=1S/C26H25ClN4O5/c1-3-35-16-9-11-23(36-4-2)17(13-16)24-18(14-28)26(29)30(21-6-5-7-22(32)25(21)24)20-10-8-15(31(33)34)12-19(20)27/h8-13,24H,3-7,29H2,1-2H3. The van der Waals surface area contributed by atoms with E-state index >= 15 is 0 Å². The number of nitrogens with two attached hydrogens (primary N) is 1. The maximum Gasteiger partial charge on any atom is 0.271 e. The number of nitrogens with zero attached hydrogens (tertiary/aromatic N) is 3. The Morgan fingerprint density at radius 2 is 1.94 bits per heavy atom. The summed E-state index contributed by atoms with van der Waals surface area (Å²) in [5.41, 5.74) is 8.62. The van der Waals surface area contributed by atoms with Crippen molar-refractivity contribution >= 4 is 28.8 Å². The summed E-state index contributed by atoms with van der Waals surface area (Å²) in [6.07, 6.45) is 1.43. The topological polar surface area (TPSA) is 132 Å². The fourth-order valence-corrected chi connectivity index (χ4v) is 5.02. The molecule has 0 spiro atoms. The number of anilines is 1. The van der Waals surface area contributed by atoms with Crippen LogP contribution in [0.15, 0.2) is 59.1 Å². The second kappa shape index (κ2) is 10.3. The summed E-state index contributed by atoms with van der Waals surface area (Å²) >= 11 is 6.45. The van der Waals surface area contributed by atoms with Gasteiger partial charge in [0.25, 0.3) is 5.69 Å². The number of rotatable bonds is 7. The first-order chi connectivity index (χ1) is 17.3. The lowest BCUT2D eigenvalue weighted by Crippen LogP contribution is -2.39. The largest absolute Gasteiger partial charge is 0.494 e. The third-order valence-electron chi connectivity index (χ3n) is 6.20. The summed E-state index contributed by atoms with van der Waals surface area (Å²) in [6, 6.07) is 11.6. The van der Waals surface area contributed by atoms with Crippen LogP contribution in [0.25, 0.3) is 0 Å². The van der Waals surface area contributed by atoms with Crippen molar-refractivity contribution in [2.45, 2.75) is 39.0 Å². The van der Waals surface area contributed by atoms with Crippen LogP contribution in [0, 0.1) is 21.4 Å². The Labute approximate surface area is 213 Å². The van der Waals surface area contributed by atoms with Crippen LogP contribution in [0.3, 0.4) is 0 Å². The SMILES string of the molecule is CCOc1ccc(OCC)c(C2C(C#N)=C(N)N(c3ccc([N+](=O)[O-])cc3Cl)C3=C2C(=O)CCC3)c1. The van der Waals surface area contributed by atoms with E-state index < -0.39 is 10.8 Å². The summed E-state index contributed by atoms with van der Waals surface area (Å²) in [5.74, 6) is 0.356. The number of hydrogen-bond donors (Lipinski definition) is 1. The zero-order valence-electron chi connectivity index (χ0n) is 19.9. The molecule has 1 atom stereocenters. The molecule has 0 saturated heterocycles. The molecule has 0 amide bonds. The summed E-state index contributed by atoms with van der Waals surface area (Å²) < 4.78 is 11.6. The van der Waals surface area contributed by atoms with Gasteiger partial charge in [0.15, 0.2) is 5.78 Å². The minimum Gasteiger partial charge on any atom is -0.494 e. The molecule has 0 saturated carbocycles. The number of nitro groups is 1. The fraction of sp³-hybridized carbons (Fsp3) is 0.308. The van der Waals surface area contributed by atoms with Crippen LogP contribution < -0.4 is 20.1 Å². The third-order valence-corrected chi connectivity index (χ3v) is 6.50. The van der Waals surface area contributed by atoms with Gasteiger partial charge in [-0.1, -0.05) is 11.6 Å². The highest BCUT2D eigenvalue weighted by Crippen LogP contribution is 2.50. The molecule has 2 N–H and O–H groups in total. The van der Waals surface area contributed by atoms with Gasteiger partial charge in [-0.2, -0.15) is 5.26 Å². The number of ketones is 1. The number of carbonyl (C=O) groups excluding carboxylic acids is 1. The maximum atomic E-state index is 13.4. The van der Waals surface area contributed by atoms with Gasteiger partial charge in [-0.15, -0.1) is 0 Å². The van der Waals surface area contributed by atoms with E-state index in [2.05, 4.69) is 6.07 Å². The van der Waals surface area contributed by atoms with Crippen LogP contribution in [-0.4, -0.2) is 23.9 Å². The lowest BCUT2D eigenvalue weighted by molar-refractivity contribution is -0.384. The molecule has 2 aromatic carbocycles. The molecule has 9 nitrogen and oxygen atoms in total. The van der Waals surface area contributed by atoms with Crippen LogP contribution in [-0.2, 0) is 4.79 Å². The van der Waals surface area contributed by atoms with Crippen LogP contribution in [0.1, 0.15) is 44.6 Å². The highest BCUT2D eigenvalue weighted by Gasteiger charge is 2.42. The van der Waals surface area contributed by atoms with E-state index in [0.29, 0.717) is 66.5 Å². The minimum atomic E-state index is -0.757. The molecule has 0 radical (unpaired) electrons. The number of allylic oxidation sites excluding steroid dienone is 3. The molecule has 36 heavy (non-hydrogen) atoms. The van der Waals surface area contributed by atoms with Crippen LogP contribution >= 0.6 is 11.6 Å². The maximum absolute atomic E-state index is 13.4. The molecular formula is C26H25ClN4O5. The van der Waals surface area contributed by atoms with Crippen LogP contribution in [0.4, 0.5) is 11.4 Å². The molecule has 0 fully saturated rings. The van der Waals surface area contributed by atoms with Gasteiger partial charge in [0.2, 0.25) is 0 Å². The second-order valence-electron chi connectivity index (χ2n) is 8.27. The van der Waals surface area contributed by atoms with Crippen molar-refractivity contribution in [3.63, 3.8) is 0 Å². The van der Waals surface area contributed by atoms with Crippen molar-refractivity contribution in [2.75, 3.05) is 18.1 Å². The monoisotopic (exact) mass is 508 g/mol. The number of ether oxygens (including phenoxy) is 2. The lowest BCUT2D eigenvalue weighted by atomic mass is 9.75. The Hall–Kier alpha value is -4.03. The first kappa shape index (κ1) is 25.1. The van der Waals surface area contributed by atoms with Crippen molar-refractivity contribution < 1.29 is 19.2 Å². The van der Waals surface area contributed by atoms with Gasteiger partial charge in [0.05, 0.1) is 46.4 Å². The molecule has 0 bridgehead atoms. The van der Waals surface area contributed by atoms with Gasteiger partial charge in [-0.25, -0.2) is 0 Å². The second-order valence-corrected chi connectivity index (χ2v) is 8.68. The predicted octanol–water partition coefficient (Wildman–Crippen LogP) is 5.35. The van der Waals surface area contributed by atoms with Gasteiger partial charge in [-0.05, 0) is 51.0 Å². The first-order valence-electron chi connectivity index (χ1n) is 11.6. The Kier molecular flexibility index (Phi) is 7.17. The number of carbonyl (C=O) groups is 1. The smallest absolute Gasteiger partial charge is 0.271 e. The van der Waals surface area contributed by atoms with Crippen molar-refractivity contribution in [3.05, 3.63) is 79.8 Å². The Morgan fingerprint density at radius 1 is 1.19 bits per heavy atom. The molecule has 186 valence electrons. The summed E-state index contributed by atoms with van der Waals surface area (Å²) in [5, 5.41) is 21.6. The van der Waals surface area contributed by atoms with E-state index in [0.717, 1.165) is 0 Å². The quantitative estimate of drug-likeness (QED) is 0.391. The molecule has 1 unspecified atom stereocenters. The highest BCUT2D eigenvalue weighted by atomic mass is 35.5. The van der Waals surface area contributed by atoms with E-state index in [-0.39, 0.29) is 27.9 Å². The lowest BCUT2D eigenvalue weighted by Gasteiger charge is -2.40. The molecule has 1 heterocycles. The summed E-state index contributed by atoms with van der Waals surface area (Å²) in [6.45, 7) is 4.55. The van der Waals surface area contributed by atoms with Gasteiger partial charge in [0, 0.05) is 35.4 Å². The predicted molar refractivity (Wildman–Crippen MR) is 135 cm³/mol. The summed E-state index contributed by atoms with van der Waals surface area (Å²) in [4.78, 5) is 25.7. The number of hydrogen-bond acceptors (Lipinski definition) is 8. The molecule has 2 aliphatic rings. The molecule has 0 aromatic heterocycles. The number of Topliss-reactive ketones (excluding diaryl/α,β-unsaturated/α-hetero) is 1. The Morgan fingerprint density at radius 3 is 2.58 bits per heavy atom. The normalized spacial score (nSPS) is 17.6. The third kappa shape index (κ3) is 4.36. The van der Waals surface area contributed by atoms with Crippen molar-refractivity contribution in [1.29, 1.82) is 5.26 Å². The van der Waals surface area contributed by atoms with Gasteiger partial charge >= 0.3 is 0 Å². The molecule has 10 heteroatoms. The van der Waals surface area contributed by atoms with E-state index in [4.69, 9.17) is 26.8 Å². The molecule has 1 aliphatic heterocycles. The zero-order chi connectivity index (χ0) is 26.0. The van der Waals surface area contributed by atoms with Crippen molar-refractivity contribution in [3.8, 4) is 17.6 Å². The number of nitriles is 1. The Balaban J connectivity index is 1.98. The van der Waals surface area contributed by atoms with Gasteiger partial charge in [0.1, 0.15) is 17.3 Å². The number of halogens is 1. The number of benzene rings is 2. The van der Waals surface area contributed by atoms with Gasteiger partial charge in [-0.3, -0.25) is 19.8 Å². The zero-order valence-corrected chi connectivity index (χ0v) is 20.7. The summed E-state index contributed by atoms with van der Waals surface area (Å²) in [7, 11) is 0. The van der Waals surface area contributed by atoms with E-state index in [1.807, 2.05) is 13.8 Å². The molecule has 2 aromatic rings. The molecule has 1 aliphatic carbocycles. The highest BCUT2D eigenvalue weighted by molar-refractivity contribution is 6.33. The van der Waals surface area contributed by atoms with E-state index in [1.54, 1.807) is 23.1 Å². The molecule has 4 rings (SSSR count). The minimum absolute atomic E-state index is 0.0844. The fourth-order valence-electron chi connectivity index (χ4n) is 4.76. The number of nitro benzene ring substituents is 1.